The number of hydrogen-bond donors (Lipinski definition) is 3. The van der Waals surface area contributed by atoms with E-state index in [-0.39, 0.29) is 5.69 Å². The molecule has 0 aliphatic carbocycles. The molecular formula is C14H14FN3O. The van der Waals surface area contributed by atoms with Crippen molar-refractivity contribution in [2.45, 2.75) is 6.92 Å². The first-order valence-corrected chi connectivity index (χ1v) is 5.75. The molecule has 5 heteroatoms. The number of halogens is 1. The predicted molar refractivity (Wildman–Crippen MR) is 74.6 cm³/mol. The summed E-state index contributed by atoms with van der Waals surface area (Å²) in [6.07, 6.45) is 0. The van der Waals surface area contributed by atoms with Gasteiger partial charge in [0, 0.05) is 11.4 Å². The van der Waals surface area contributed by atoms with Crippen molar-refractivity contribution in [1.29, 1.82) is 0 Å². The Labute approximate surface area is 110 Å². The minimum absolute atomic E-state index is 0.126. The Hall–Kier alpha value is -2.56. The van der Waals surface area contributed by atoms with Gasteiger partial charge >= 0.3 is 6.03 Å². The third kappa shape index (κ3) is 3.01. The molecule has 98 valence electrons. The molecule has 4 N–H and O–H groups in total. The van der Waals surface area contributed by atoms with E-state index >= 15 is 0 Å². The summed E-state index contributed by atoms with van der Waals surface area (Å²) >= 11 is 0. The Morgan fingerprint density at radius 3 is 2.42 bits per heavy atom. The lowest BCUT2D eigenvalue weighted by atomic mass is 10.1. The van der Waals surface area contributed by atoms with E-state index in [9.17, 15) is 9.18 Å². The zero-order valence-corrected chi connectivity index (χ0v) is 10.4. The van der Waals surface area contributed by atoms with Crippen LogP contribution in [0.15, 0.2) is 42.5 Å². The second kappa shape index (κ2) is 5.39. The van der Waals surface area contributed by atoms with E-state index in [2.05, 4.69) is 10.6 Å². The SMILES string of the molecule is Cc1c(N)cccc1NC(=O)Nc1ccccc1F. The maximum atomic E-state index is 13.4. The standard InChI is InChI=1S/C14H14FN3O/c1-9-11(16)6-4-8-12(9)17-14(19)18-13-7-3-2-5-10(13)15/h2-8H,16H2,1H3,(H2,17,18,19). The fourth-order valence-corrected chi connectivity index (χ4v) is 1.63. The van der Waals surface area contributed by atoms with Crippen LogP contribution >= 0.6 is 0 Å². The van der Waals surface area contributed by atoms with Gasteiger partial charge < -0.3 is 16.4 Å². The van der Waals surface area contributed by atoms with Crippen LogP contribution in [-0.4, -0.2) is 6.03 Å². The highest BCUT2D eigenvalue weighted by Crippen LogP contribution is 2.21. The van der Waals surface area contributed by atoms with E-state index in [1.807, 2.05) is 0 Å². The number of nitrogens with one attached hydrogen (secondary N) is 2. The molecule has 0 radical (unpaired) electrons. The zero-order chi connectivity index (χ0) is 13.8. The molecule has 0 unspecified atom stereocenters. The molecule has 2 amide bonds. The number of nitrogens with two attached hydrogens (primary N) is 1. The van der Waals surface area contributed by atoms with Crippen LogP contribution in [0.2, 0.25) is 0 Å². The number of urea groups is 1. The van der Waals surface area contributed by atoms with E-state index in [0.717, 1.165) is 5.56 Å². The molecule has 0 heterocycles. The zero-order valence-electron chi connectivity index (χ0n) is 10.4. The Balaban J connectivity index is 2.10. The van der Waals surface area contributed by atoms with Crippen LogP contribution in [0.3, 0.4) is 0 Å². The van der Waals surface area contributed by atoms with Gasteiger partial charge in [0.25, 0.3) is 0 Å². The molecule has 2 aromatic carbocycles. The minimum atomic E-state index is -0.515. The summed E-state index contributed by atoms with van der Waals surface area (Å²) in [6.45, 7) is 1.80. The third-order valence-corrected chi connectivity index (χ3v) is 2.75. The summed E-state index contributed by atoms with van der Waals surface area (Å²) in [5, 5.41) is 5.07. The van der Waals surface area contributed by atoms with Gasteiger partial charge in [-0.05, 0) is 36.8 Å². The number of carbonyl (C=O) groups excluding carboxylic acids is 1. The van der Waals surface area contributed by atoms with Gasteiger partial charge in [0.2, 0.25) is 0 Å². The summed E-state index contributed by atoms with van der Waals surface area (Å²) in [5.41, 5.74) is 7.82. The van der Waals surface area contributed by atoms with Gasteiger partial charge in [-0.15, -0.1) is 0 Å². The Bertz CT molecular complexity index is 613. The number of nitrogen functional groups attached to an aromatic ring is 1. The van der Waals surface area contributed by atoms with Crippen LogP contribution in [0.5, 0.6) is 0 Å². The monoisotopic (exact) mass is 259 g/mol. The van der Waals surface area contributed by atoms with Gasteiger partial charge in [-0.1, -0.05) is 18.2 Å². The molecule has 0 atom stereocenters. The second-order valence-corrected chi connectivity index (χ2v) is 4.08. The first kappa shape index (κ1) is 12.9. The minimum Gasteiger partial charge on any atom is -0.398 e. The van der Waals surface area contributed by atoms with Crippen LogP contribution in [0.25, 0.3) is 0 Å². The first-order chi connectivity index (χ1) is 9.08. The fourth-order valence-electron chi connectivity index (χ4n) is 1.63. The van der Waals surface area contributed by atoms with E-state index in [4.69, 9.17) is 5.73 Å². The van der Waals surface area contributed by atoms with Crippen molar-refractivity contribution < 1.29 is 9.18 Å². The van der Waals surface area contributed by atoms with Crippen LogP contribution < -0.4 is 16.4 Å². The number of rotatable bonds is 2. The van der Waals surface area contributed by atoms with Gasteiger partial charge in [0.1, 0.15) is 5.82 Å². The first-order valence-electron chi connectivity index (χ1n) is 5.75. The van der Waals surface area contributed by atoms with Crippen LogP contribution in [0.4, 0.5) is 26.2 Å². The summed E-state index contributed by atoms with van der Waals surface area (Å²) in [5.74, 6) is -0.484. The van der Waals surface area contributed by atoms with Crippen molar-refractivity contribution in [3.05, 3.63) is 53.8 Å². The topological polar surface area (TPSA) is 67.1 Å². The van der Waals surface area contributed by atoms with E-state index in [0.29, 0.717) is 11.4 Å². The fraction of sp³-hybridized carbons (Fsp3) is 0.0714. The predicted octanol–water partition coefficient (Wildman–Crippen LogP) is 3.36. The van der Waals surface area contributed by atoms with Crippen molar-refractivity contribution in [2.24, 2.45) is 0 Å². The number of benzene rings is 2. The lowest BCUT2D eigenvalue weighted by Crippen LogP contribution is -2.20. The molecule has 0 saturated carbocycles. The third-order valence-electron chi connectivity index (χ3n) is 2.75. The molecule has 4 nitrogen and oxygen atoms in total. The molecular weight excluding hydrogens is 245 g/mol. The van der Waals surface area contributed by atoms with Gasteiger partial charge in [0.15, 0.2) is 0 Å². The van der Waals surface area contributed by atoms with E-state index in [1.54, 1.807) is 37.3 Å². The normalized spacial score (nSPS) is 10.0. The summed E-state index contributed by atoms with van der Waals surface area (Å²) in [6, 6.07) is 10.7. The van der Waals surface area contributed by atoms with E-state index < -0.39 is 11.8 Å². The molecule has 0 aliphatic heterocycles. The Morgan fingerprint density at radius 1 is 1.05 bits per heavy atom. The second-order valence-electron chi connectivity index (χ2n) is 4.08. The number of anilines is 3. The molecule has 0 spiro atoms. The quantitative estimate of drug-likeness (QED) is 0.724. The Kier molecular flexibility index (Phi) is 3.66. The van der Waals surface area contributed by atoms with Crippen LogP contribution in [0, 0.1) is 12.7 Å². The summed E-state index contributed by atoms with van der Waals surface area (Å²) in [4.78, 5) is 11.8. The van der Waals surface area contributed by atoms with Gasteiger partial charge in [-0.25, -0.2) is 9.18 Å². The van der Waals surface area contributed by atoms with Crippen molar-refractivity contribution in [2.75, 3.05) is 16.4 Å². The van der Waals surface area contributed by atoms with Gasteiger partial charge in [0.05, 0.1) is 5.69 Å². The molecule has 0 fully saturated rings. The van der Waals surface area contributed by atoms with Crippen molar-refractivity contribution in [3.63, 3.8) is 0 Å². The molecule has 2 rings (SSSR count). The summed E-state index contributed by atoms with van der Waals surface area (Å²) < 4.78 is 13.4. The van der Waals surface area contributed by atoms with E-state index in [1.165, 1.54) is 12.1 Å². The summed E-state index contributed by atoms with van der Waals surface area (Å²) in [7, 11) is 0. The van der Waals surface area contributed by atoms with Gasteiger partial charge in [-0.2, -0.15) is 0 Å². The van der Waals surface area contributed by atoms with Crippen molar-refractivity contribution >= 4 is 23.1 Å². The largest absolute Gasteiger partial charge is 0.398 e. The number of carbonyl (C=O) groups is 1. The lowest BCUT2D eigenvalue weighted by molar-refractivity contribution is 0.262. The maximum Gasteiger partial charge on any atom is 0.323 e. The van der Waals surface area contributed by atoms with Crippen molar-refractivity contribution in [3.8, 4) is 0 Å². The molecule has 0 saturated heterocycles. The number of amides is 2. The van der Waals surface area contributed by atoms with Crippen LogP contribution in [0.1, 0.15) is 5.56 Å². The lowest BCUT2D eigenvalue weighted by Gasteiger charge is -2.11. The molecule has 2 aromatic rings. The highest BCUT2D eigenvalue weighted by Gasteiger charge is 2.08. The Morgan fingerprint density at radius 2 is 1.68 bits per heavy atom. The van der Waals surface area contributed by atoms with Crippen molar-refractivity contribution in [1.82, 2.24) is 0 Å². The average molecular weight is 259 g/mol. The van der Waals surface area contributed by atoms with Crippen LogP contribution in [-0.2, 0) is 0 Å². The molecule has 0 bridgehead atoms. The average Bonchev–Trinajstić information content (AvgIpc) is 2.38. The molecule has 0 aromatic heterocycles. The highest BCUT2D eigenvalue weighted by molar-refractivity contribution is 6.00. The number of para-hydroxylation sites is 1. The molecule has 19 heavy (non-hydrogen) atoms. The van der Waals surface area contributed by atoms with Gasteiger partial charge in [-0.3, -0.25) is 0 Å². The molecule has 0 aliphatic rings. The highest BCUT2D eigenvalue weighted by atomic mass is 19.1. The number of hydrogen-bond acceptors (Lipinski definition) is 2. The maximum absolute atomic E-state index is 13.4. The smallest absolute Gasteiger partial charge is 0.323 e.